The normalized spacial score (nSPS) is 30.4. The van der Waals surface area contributed by atoms with Crippen molar-refractivity contribution in [3.05, 3.63) is 0 Å². The Bertz CT molecular complexity index is 393. The smallest absolute Gasteiger partial charge is 0.303 e. The van der Waals surface area contributed by atoms with Gasteiger partial charge in [0.2, 0.25) is 0 Å². The van der Waals surface area contributed by atoms with Crippen LogP contribution in [0.4, 0.5) is 0 Å². The predicted octanol–water partition coefficient (Wildman–Crippen LogP) is -0.481. The van der Waals surface area contributed by atoms with Crippen molar-refractivity contribution in [2.24, 2.45) is 0 Å². The molecule has 5 atom stereocenters. The molecule has 8 heteroatoms. The van der Waals surface area contributed by atoms with Crippen LogP contribution in [0, 0.1) is 0 Å². The predicted molar refractivity (Wildman–Crippen MR) is 63.2 cm³/mol. The molecule has 0 unspecified atom stereocenters. The SMILES string of the molecule is CC(=O)O[C@@H]1[C@@H]([C@H](C)OC(C)=O)O[C@H](O)[C@H]1OC(C)=O. The maximum Gasteiger partial charge on any atom is 0.303 e. The number of rotatable bonds is 4. The van der Waals surface area contributed by atoms with Crippen LogP contribution in [0.5, 0.6) is 0 Å². The molecule has 1 saturated heterocycles. The monoisotopic (exact) mass is 290 g/mol. The molecule has 114 valence electrons. The molecule has 1 heterocycles. The fourth-order valence-corrected chi connectivity index (χ4v) is 2.01. The number of carbonyl (C=O) groups excluding carboxylic acids is 3. The number of hydrogen-bond donors (Lipinski definition) is 1. The minimum absolute atomic E-state index is 0.548. The number of aliphatic hydroxyl groups excluding tert-OH is 1. The van der Waals surface area contributed by atoms with E-state index in [0.717, 1.165) is 6.92 Å². The molecule has 0 aromatic rings. The molecule has 0 saturated carbocycles. The summed E-state index contributed by atoms with van der Waals surface area (Å²) in [5.41, 5.74) is 0. The van der Waals surface area contributed by atoms with Gasteiger partial charge in [-0.3, -0.25) is 14.4 Å². The second-order valence-electron chi connectivity index (χ2n) is 4.45. The van der Waals surface area contributed by atoms with Gasteiger partial charge in [-0.1, -0.05) is 0 Å². The molecule has 1 aliphatic heterocycles. The van der Waals surface area contributed by atoms with Crippen LogP contribution in [0.2, 0.25) is 0 Å². The first-order chi connectivity index (χ1) is 9.22. The lowest BCUT2D eigenvalue weighted by molar-refractivity contribution is -0.176. The van der Waals surface area contributed by atoms with E-state index < -0.39 is 48.6 Å². The second-order valence-corrected chi connectivity index (χ2v) is 4.45. The Hall–Kier alpha value is -1.67. The summed E-state index contributed by atoms with van der Waals surface area (Å²) in [4.78, 5) is 33.1. The topological polar surface area (TPSA) is 108 Å². The highest BCUT2D eigenvalue weighted by Gasteiger charge is 2.51. The summed E-state index contributed by atoms with van der Waals surface area (Å²) in [6.45, 7) is 5.06. The highest BCUT2D eigenvalue weighted by molar-refractivity contribution is 5.68. The van der Waals surface area contributed by atoms with E-state index in [4.69, 9.17) is 18.9 Å². The average Bonchev–Trinajstić information content (AvgIpc) is 2.55. The van der Waals surface area contributed by atoms with Gasteiger partial charge in [0.1, 0.15) is 12.2 Å². The number of aliphatic hydroxyl groups is 1. The zero-order chi connectivity index (χ0) is 15.4. The molecule has 0 aromatic heterocycles. The molecule has 0 aromatic carbocycles. The van der Waals surface area contributed by atoms with Gasteiger partial charge in [-0.25, -0.2) is 0 Å². The molecule has 0 aliphatic carbocycles. The molecular formula is C12H18O8. The summed E-state index contributed by atoms with van der Waals surface area (Å²) in [6.07, 6.45) is -5.40. The largest absolute Gasteiger partial charge is 0.460 e. The van der Waals surface area contributed by atoms with Crippen LogP contribution in [0.3, 0.4) is 0 Å². The van der Waals surface area contributed by atoms with Gasteiger partial charge in [0.15, 0.2) is 18.5 Å². The summed E-state index contributed by atoms with van der Waals surface area (Å²) in [5.74, 6) is -1.84. The zero-order valence-corrected chi connectivity index (χ0v) is 11.7. The van der Waals surface area contributed by atoms with Gasteiger partial charge in [0.05, 0.1) is 0 Å². The maximum atomic E-state index is 11.1. The maximum absolute atomic E-state index is 11.1. The first kappa shape index (κ1) is 16.4. The molecule has 0 bridgehead atoms. The minimum Gasteiger partial charge on any atom is -0.460 e. The molecule has 0 spiro atoms. The van der Waals surface area contributed by atoms with E-state index in [1.807, 2.05) is 0 Å². The lowest BCUT2D eigenvalue weighted by Gasteiger charge is -2.25. The average molecular weight is 290 g/mol. The van der Waals surface area contributed by atoms with E-state index in [1.165, 1.54) is 20.8 Å². The number of hydrogen-bond acceptors (Lipinski definition) is 8. The van der Waals surface area contributed by atoms with Crippen LogP contribution in [0.25, 0.3) is 0 Å². The number of carbonyl (C=O) groups is 3. The molecule has 0 radical (unpaired) electrons. The third-order valence-electron chi connectivity index (χ3n) is 2.64. The van der Waals surface area contributed by atoms with Crippen molar-refractivity contribution < 1.29 is 38.4 Å². The third kappa shape index (κ3) is 4.17. The zero-order valence-electron chi connectivity index (χ0n) is 11.7. The van der Waals surface area contributed by atoms with E-state index >= 15 is 0 Å². The van der Waals surface area contributed by atoms with Gasteiger partial charge in [0.25, 0.3) is 0 Å². The van der Waals surface area contributed by atoms with Crippen molar-refractivity contribution in [2.45, 2.75) is 58.4 Å². The first-order valence-electron chi connectivity index (χ1n) is 6.07. The van der Waals surface area contributed by atoms with Crippen LogP contribution in [-0.2, 0) is 33.3 Å². The lowest BCUT2D eigenvalue weighted by atomic mass is 10.1. The molecule has 1 fully saturated rings. The molecule has 8 nitrogen and oxygen atoms in total. The summed E-state index contributed by atoms with van der Waals surface area (Å²) in [6, 6.07) is 0. The first-order valence-corrected chi connectivity index (χ1v) is 6.07. The van der Waals surface area contributed by atoms with E-state index in [9.17, 15) is 19.5 Å². The highest BCUT2D eigenvalue weighted by atomic mass is 16.7. The van der Waals surface area contributed by atoms with Crippen LogP contribution in [0.15, 0.2) is 0 Å². The van der Waals surface area contributed by atoms with Crippen LogP contribution in [0.1, 0.15) is 27.7 Å². The Morgan fingerprint density at radius 2 is 1.50 bits per heavy atom. The van der Waals surface area contributed by atoms with E-state index in [0.29, 0.717) is 0 Å². The molecule has 1 rings (SSSR count). The van der Waals surface area contributed by atoms with Gasteiger partial charge < -0.3 is 24.1 Å². The lowest BCUT2D eigenvalue weighted by Crippen LogP contribution is -2.44. The molecule has 0 amide bonds. The van der Waals surface area contributed by atoms with Crippen molar-refractivity contribution in [2.75, 3.05) is 0 Å². The van der Waals surface area contributed by atoms with E-state index in [1.54, 1.807) is 0 Å². The van der Waals surface area contributed by atoms with Crippen LogP contribution < -0.4 is 0 Å². The van der Waals surface area contributed by atoms with Gasteiger partial charge in [-0.15, -0.1) is 0 Å². The van der Waals surface area contributed by atoms with Crippen molar-refractivity contribution in [1.29, 1.82) is 0 Å². The fourth-order valence-electron chi connectivity index (χ4n) is 2.01. The Morgan fingerprint density at radius 1 is 1.00 bits per heavy atom. The molecular weight excluding hydrogens is 272 g/mol. The fraction of sp³-hybridized carbons (Fsp3) is 0.750. The summed E-state index contributed by atoms with van der Waals surface area (Å²) in [7, 11) is 0. The Kier molecular flexibility index (Phi) is 5.46. The van der Waals surface area contributed by atoms with Crippen molar-refractivity contribution >= 4 is 17.9 Å². The summed E-state index contributed by atoms with van der Waals surface area (Å²) in [5, 5.41) is 9.74. The van der Waals surface area contributed by atoms with E-state index in [2.05, 4.69) is 0 Å². The highest BCUT2D eigenvalue weighted by Crippen LogP contribution is 2.29. The van der Waals surface area contributed by atoms with E-state index in [-0.39, 0.29) is 0 Å². The Balaban J connectivity index is 2.89. The van der Waals surface area contributed by atoms with Crippen molar-refractivity contribution in [1.82, 2.24) is 0 Å². The molecule has 1 aliphatic rings. The van der Waals surface area contributed by atoms with Gasteiger partial charge in [0, 0.05) is 20.8 Å². The Labute approximate surface area is 115 Å². The Morgan fingerprint density at radius 3 is 1.95 bits per heavy atom. The standard InChI is InChI=1S/C12H18O8/c1-5(17-6(2)13)9-10(18-7(3)14)11(12(16)20-9)19-8(4)15/h5,9-12,16H,1-4H3/t5-,9+,10+,11-,12-/m0/s1. The van der Waals surface area contributed by atoms with Crippen molar-refractivity contribution in [3.8, 4) is 0 Å². The van der Waals surface area contributed by atoms with Crippen molar-refractivity contribution in [3.63, 3.8) is 0 Å². The minimum atomic E-state index is -1.47. The second kappa shape index (κ2) is 6.67. The van der Waals surface area contributed by atoms with Gasteiger partial charge in [-0.2, -0.15) is 0 Å². The molecule has 20 heavy (non-hydrogen) atoms. The van der Waals surface area contributed by atoms with Crippen LogP contribution in [-0.4, -0.2) is 53.7 Å². The third-order valence-corrected chi connectivity index (χ3v) is 2.64. The summed E-state index contributed by atoms with van der Waals surface area (Å²) >= 11 is 0. The summed E-state index contributed by atoms with van der Waals surface area (Å²) < 4.78 is 20.0. The van der Waals surface area contributed by atoms with Gasteiger partial charge >= 0.3 is 17.9 Å². The number of esters is 3. The van der Waals surface area contributed by atoms with Gasteiger partial charge in [-0.05, 0) is 6.92 Å². The van der Waals surface area contributed by atoms with Crippen LogP contribution >= 0.6 is 0 Å². The number of ether oxygens (including phenoxy) is 4. The quantitative estimate of drug-likeness (QED) is 0.546. The molecule has 1 N–H and O–H groups in total.